The van der Waals surface area contributed by atoms with E-state index in [1.807, 2.05) is 43.3 Å². The topological polar surface area (TPSA) is 88.9 Å². The van der Waals surface area contributed by atoms with Crippen molar-refractivity contribution < 1.29 is 9.59 Å². The standard InChI is InChI=1S/C18H16ClN5O2S/c1-12-2-6-14(7-3-12)24-10-16(20-23-24)18(26)22-21-17(25)11-27-15-8-4-13(19)5-9-15/h2-10H,11H2,1H3,(H,21,25)(H,22,26). The quantitative estimate of drug-likeness (QED) is 0.507. The summed E-state index contributed by atoms with van der Waals surface area (Å²) in [6, 6.07) is 14.8. The van der Waals surface area contributed by atoms with Gasteiger partial charge in [-0.25, -0.2) is 4.68 Å². The second-order valence-corrected chi connectivity index (χ2v) is 7.11. The first kappa shape index (κ1) is 18.9. The summed E-state index contributed by atoms with van der Waals surface area (Å²) in [5.74, 6) is -0.731. The van der Waals surface area contributed by atoms with Crippen LogP contribution in [0.25, 0.3) is 5.69 Å². The average molecular weight is 402 g/mol. The van der Waals surface area contributed by atoms with Crippen molar-refractivity contribution in [3.63, 3.8) is 0 Å². The number of carbonyl (C=O) groups excluding carboxylic acids is 2. The highest BCUT2D eigenvalue weighted by Gasteiger charge is 2.12. The molecule has 0 saturated carbocycles. The highest BCUT2D eigenvalue weighted by molar-refractivity contribution is 8.00. The lowest BCUT2D eigenvalue weighted by Crippen LogP contribution is -2.42. The molecule has 7 nitrogen and oxygen atoms in total. The van der Waals surface area contributed by atoms with E-state index >= 15 is 0 Å². The second kappa shape index (κ2) is 8.70. The van der Waals surface area contributed by atoms with Crippen LogP contribution in [0.5, 0.6) is 0 Å². The summed E-state index contributed by atoms with van der Waals surface area (Å²) in [5.41, 5.74) is 6.69. The maximum atomic E-state index is 12.1. The highest BCUT2D eigenvalue weighted by Crippen LogP contribution is 2.19. The molecular weight excluding hydrogens is 386 g/mol. The van der Waals surface area contributed by atoms with Crippen LogP contribution in [0.2, 0.25) is 5.02 Å². The number of hydrogen-bond donors (Lipinski definition) is 2. The summed E-state index contributed by atoms with van der Waals surface area (Å²) >= 11 is 7.15. The van der Waals surface area contributed by atoms with Crippen molar-refractivity contribution in [2.45, 2.75) is 11.8 Å². The molecule has 0 saturated heterocycles. The van der Waals surface area contributed by atoms with Crippen LogP contribution in [0.1, 0.15) is 16.1 Å². The van der Waals surface area contributed by atoms with Crippen molar-refractivity contribution in [2.24, 2.45) is 0 Å². The van der Waals surface area contributed by atoms with Crippen LogP contribution in [0.15, 0.2) is 59.6 Å². The molecule has 27 heavy (non-hydrogen) atoms. The molecular formula is C18H16ClN5O2S. The Morgan fingerprint density at radius 3 is 2.48 bits per heavy atom. The van der Waals surface area contributed by atoms with Crippen molar-refractivity contribution in [1.29, 1.82) is 0 Å². The van der Waals surface area contributed by atoms with Gasteiger partial charge < -0.3 is 0 Å². The predicted molar refractivity (Wildman–Crippen MR) is 104 cm³/mol. The largest absolute Gasteiger partial charge is 0.291 e. The molecule has 138 valence electrons. The zero-order valence-corrected chi connectivity index (χ0v) is 15.9. The van der Waals surface area contributed by atoms with E-state index in [4.69, 9.17) is 11.6 Å². The third kappa shape index (κ3) is 5.32. The van der Waals surface area contributed by atoms with E-state index < -0.39 is 5.91 Å². The Morgan fingerprint density at radius 2 is 1.78 bits per heavy atom. The summed E-state index contributed by atoms with van der Waals surface area (Å²) in [7, 11) is 0. The summed E-state index contributed by atoms with van der Waals surface area (Å²) < 4.78 is 1.49. The first-order valence-corrected chi connectivity index (χ1v) is 9.34. The lowest BCUT2D eigenvalue weighted by molar-refractivity contribution is -0.119. The summed E-state index contributed by atoms with van der Waals surface area (Å²) in [6.45, 7) is 1.98. The Hall–Kier alpha value is -2.84. The molecule has 0 aliphatic rings. The number of hydrogen-bond acceptors (Lipinski definition) is 5. The molecule has 3 aromatic rings. The number of carbonyl (C=O) groups is 2. The van der Waals surface area contributed by atoms with Crippen LogP contribution in [0, 0.1) is 6.92 Å². The Balaban J connectivity index is 1.49. The van der Waals surface area contributed by atoms with Crippen molar-refractivity contribution in [3.05, 3.63) is 71.0 Å². The van der Waals surface area contributed by atoms with E-state index in [-0.39, 0.29) is 17.4 Å². The number of benzene rings is 2. The summed E-state index contributed by atoms with van der Waals surface area (Å²) in [6.07, 6.45) is 1.49. The van der Waals surface area contributed by atoms with Crippen LogP contribution in [-0.2, 0) is 4.79 Å². The Bertz CT molecular complexity index is 941. The Labute approximate surface area is 165 Å². The van der Waals surface area contributed by atoms with E-state index in [2.05, 4.69) is 21.2 Å². The number of nitrogens with one attached hydrogen (secondary N) is 2. The molecule has 2 N–H and O–H groups in total. The fourth-order valence-corrected chi connectivity index (χ4v) is 2.92. The Morgan fingerprint density at radius 1 is 1.07 bits per heavy atom. The summed E-state index contributed by atoms with van der Waals surface area (Å²) in [5, 5.41) is 8.39. The number of halogens is 1. The number of thioether (sulfide) groups is 1. The van der Waals surface area contributed by atoms with Crippen LogP contribution in [0.3, 0.4) is 0 Å². The van der Waals surface area contributed by atoms with Crippen molar-refractivity contribution in [2.75, 3.05) is 5.75 Å². The molecule has 0 bridgehead atoms. The van der Waals surface area contributed by atoms with Gasteiger partial charge in [0, 0.05) is 9.92 Å². The fourth-order valence-electron chi connectivity index (χ4n) is 2.10. The van der Waals surface area contributed by atoms with Gasteiger partial charge in [-0.2, -0.15) is 0 Å². The van der Waals surface area contributed by atoms with Crippen LogP contribution in [0.4, 0.5) is 0 Å². The SMILES string of the molecule is Cc1ccc(-n2cc(C(=O)NNC(=O)CSc3ccc(Cl)cc3)nn2)cc1. The number of aryl methyl sites for hydroxylation is 1. The van der Waals surface area contributed by atoms with Gasteiger partial charge in [-0.15, -0.1) is 16.9 Å². The van der Waals surface area contributed by atoms with Gasteiger partial charge in [-0.05, 0) is 43.3 Å². The van der Waals surface area contributed by atoms with E-state index in [0.717, 1.165) is 16.1 Å². The van der Waals surface area contributed by atoms with Crippen LogP contribution in [-0.4, -0.2) is 32.6 Å². The fraction of sp³-hybridized carbons (Fsp3) is 0.111. The zero-order chi connectivity index (χ0) is 19.2. The zero-order valence-electron chi connectivity index (χ0n) is 14.3. The maximum Gasteiger partial charge on any atom is 0.291 e. The lowest BCUT2D eigenvalue weighted by Gasteiger charge is -2.05. The molecule has 2 aromatic carbocycles. The molecule has 0 unspecified atom stereocenters. The third-order valence-electron chi connectivity index (χ3n) is 3.52. The van der Waals surface area contributed by atoms with Gasteiger partial charge in [0.15, 0.2) is 5.69 Å². The molecule has 0 radical (unpaired) electrons. The van der Waals surface area contributed by atoms with Gasteiger partial charge in [-0.3, -0.25) is 20.4 Å². The van der Waals surface area contributed by atoms with E-state index in [1.165, 1.54) is 22.6 Å². The van der Waals surface area contributed by atoms with E-state index in [1.54, 1.807) is 12.1 Å². The predicted octanol–water partition coefficient (Wildman–Crippen LogP) is 2.78. The average Bonchev–Trinajstić information content (AvgIpc) is 3.16. The van der Waals surface area contributed by atoms with Crippen molar-refractivity contribution in [3.8, 4) is 5.69 Å². The van der Waals surface area contributed by atoms with Crippen molar-refractivity contribution in [1.82, 2.24) is 25.8 Å². The molecule has 2 amide bonds. The number of amides is 2. The molecule has 0 fully saturated rings. The molecule has 0 aliphatic heterocycles. The third-order valence-corrected chi connectivity index (χ3v) is 4.79. The second-order valence-electron chi connectivity index (χ2n) is 5.63. The minimum absolute atomic E-state index is 0.0984. The Kier molecular flexibility index (Phi) is 6.10. The van der Waals surface area contributed by atoms with E-state index in [0.29, 0.717) is 5.02 Å². The number of hydrazine groups is 1. The maximum absolute atomic E-state index is 12.1. The van der Waals surface area contributed by atoms with Crippen molar-refractivity contribution >= 4 is 35.2 Å². The molecule has 3 rings (SSSR count). The first-order chi connectivity index (χ1) is 13.0. The first-order valence-electron chi connectivity index (χ1n) is 7.98. The van der Waals surface area contributed by atoms with E-state index in [9.17, 15) is 9.59 Å². The smallest absolute Gasteiger partial charge is 0.272 e. The van der Waals surface area contributed by atoms with Gasteiger partial charge in [-0.1, -0.05) is 34.5 Å². The molecule has 1 aromatic heterocycles. The molecule has 1 heterocycles. The van der Waals surface area contributed by atoms with Gasteiger partial charge in [0.25, 0.3) is 5.91 Å². The van der Waals surface area contributed by atoms with Gasteiger partial charge in [0.2, 0.25) is 5.91 Å². The highest BCUT2D eigenvalue weighted by atomic mass is 35.5. The molecule has 0 spiro atoms. The number of rotatable bonds is 5. The lowest BCUT2D eigenvalue weighted by atomic mass is 10.2. The normalized spacial score (nSPS) is 10.4. The monoisotopic (exact) mass is 401 g/mol. The molecule has 0 aliphatic carbocycles. The van der Waals surface area contributed by atoms with Crippen LogP contribution < -0.4 is 10.9 Å². The summed E-state index contributed by atoms with van der Waals surface area (Å²) in [4.78, 5) is 24.9. The number of nitrogens with zero attached hydrogens (tertiary/aromatic N) is 3. The van der Waals surface area contributed by atoms with Gasteiger partial charge >= 0.3 is 0 Å². The number of aromatic nitrogens is 3. The van der Waals surface area contributed by atoms with Gasteiger partial charge in [0.05, 0.1) is 17.6 Å². The minimum Gasteiger partial charge on any atom is -0.272 e. The molecule has 9 heteroatoms. The molecule has 0 atom stereocenters. The van der Waals surface area contributed by atoms with Crippen LogP contribution >= 0.6 is 23.4 Å². The van der Waals surface area contributed by atoms with Gasteiger partial charge in [0.1, 0.15) is 0 Å². The minimum atomic E-state index is -0.543.